The molecule has 1 saturated heterocycles. The van der Waals surface area contributed by atoms with Crippen molar-refractivity contribution in [3.05, 3.63) is 46.2 Å². The van der Waals surface area contributed by atoms with Crippen LogP contribution < -0.4 is 14.8 Å². The average Bonchev–Trinajstić information content (AvgIpc) is 3.23. The summed E-state index contributed by atoms with van der Waals surface area (Å²) in [5.74, 6) is 1.32. The molecule has 1 aromatic carbocycles. The molecule has 1 aliphatic heterocycles. The van der Waals surface area contributed by atoms with Crippen LogP contribution >= 0.6 is 11.3 Å². The van der Waals surface area contributed by atoms with Crippen LogP contribution in [0, 0.1) is 0 Å². The SMILES string of the molecule is COc1ccc(CC(=O)N[C@@H](C)[C@H](c2cccs2)N2CCN(C)CC2)cc1OC. The van der Waals surface area contributed by atoms with Crippen LogP contribution in [-0.2, 0) is 11.2 Å². The number of thiophene rings is 1. The van der Waals surface area contributed by atoms with Crippen LogP contribution in [0.1, 0.15) is 23.4 Å². The summed E-state index contributed by atoms with van der Waals surface area (Å²) in [6.07, 6.45) is 0.310. The minimum atomic E-state index is 0.0143. The highest BCUT2D eigenvalue weighted by atomic mass is 32.1. The van der Waals surface area contributed by atoms with Crippen LogP contribution in [0.3, 0.4) is 0 Å². The van der Waals surface area contributed by atoms with Crippen molar-refractivity contribution in [1.29, 1.82) is 0 Å². The van der Waals surface area contributed by atoms with Gasteiger partial charge < -0.3 is 19.7 Å². The normalized spacial score (nSPS) is 17.5. The zero-order valence-electron chi connectivity index (χ0n) is 17.7. The predicted octanol–water partition coefficient (Wildman–Crippen LogP) is 2.80. The smallest absolute Gasteiger partial charge is 0.224 e. The maximum absolute atomic E-state index is 12.8. The molecule has 158 valence electrons. The van der Waals surface area contributed by atoms with Gasteiger partial charge in [-0.1, -0.05) is 12.1 Å². The molecule has 1 fully saturated rings. The zero-order valence-corrected chi connectivity index (χ0v) is 18.5. The van der Waals surface area contributed by atoms with E-state index in [0.717, 1.165) is 31.7 Å². The van der Waals surface area contributed by atoms with Gasteiger partial charge in [-0.25, -0.2) is 0 Å². The summed E-state index contributed by atoms with van der Waals surface area (Å²) >= 11 is 1.76. The Morgan fingerprint density at radius 3 is 2.48 bits per heavy atom. The summed E-state index contributed by atoms with van der Waals surface area (Å²) in [5, 5.41) is 5.34. The standard InChI is InChI=1S/C22H31N3O3S/c1-16(22(20-6-5-13-29-20)25-11-9-24(2)10-12-25)23-21(26)15-17-7-8-18(27-3)19(14-17)28-4/h5-8,13-14,16,22H,9-12,15H2,1-4H3,(H,23,26)/t16-,22+/m0/s1. The summed E-state index contributed by atoms with van der Waals surface area (Å²) in [6, 6.07) is 10.1. The molecular weight excluding hydrogens is 386 g/mol. The van der Waals surface area contributed by atoms with Crippen molar-refractivity contribution in [2.75, 3.05) is 47.4 Å². The van der Waals surface area contributed by atoms with Crippen LogP contribution in [0.2, 0.25) is 0 Å². The molecule has 6 nitrogen and oxygen atoms in total. The molecule has 1 N–H and O–H groups in total. The summed E-state index contributed by atoms with van der Waals surface area (Å²) in [4.78, 5) is 18.9. The number of benzene rings is 1. The summed E-state index contributed by atoms with van der Waals surface area (Å²) < 4.78 is 10.6. The van der Waals surface area contributed by atoms with Gasteiger partial charge in [0, 0.05) is 37.1 Å². The van der Waals surface area contributed by atoms with Gasteiger partial charge in [0.15, 0.2) is 11.5 Å². The molecule has 1 aliphatic rings. The lowest BCUT2D eigenvalue weighted by Crippen LogP contribution is -2.51. The summed E-state index contributed by atoms with van der Waals surface area (Å²) in [7, 11) is 5.37. The van der Waals surface area contributed by atoms with Gasteiger partial charge in [0.25, 0.3) is 0 Å². The van der Waals surface area contributed by atoms with Crippen LogP contribution in [0.4, 0.5) is 0 Å². The molecular formula is C22H31N3O3S. The van der Waals surface area contributed by atoms with Crippen molar-refractivity contribution in [3.8, 4) is 11.5 Å². The topological polar surface area (TPSA) is 54.0 Å². The Morgan fingerprint density at radius 1 is 1.14 bits per heavy atom. The Kier molecular flexibility index (Phi) is 7.52. The van der Waals surface area contributed by atoms with Crippen LogP contribution in [-0.4, -0.2) is 69.2 Å². The predicted molar refractivity (Wildman–Crippen MR) is 117 cm³/mol. The van der Waals surface area contributed by atoms with Crippen molar-refractivity contribution in [2.45, 2.75) is 25.4 Å². The fraction of sp³-hybridized carbons (Fsp3) is 0.500. The number of nitrogens with zero attached hydrogens (tertiary/aromatic N) is 2. The molecule has 0 bridgehead atoms. The van der Waals surface area contributed by atoms with E-state index in [1.165, 1.54) is 4.88 Å². The molecule has 29 heavy (non-hydrogen) atoms. The number of rotatable bonds is 8. The first kappa shape index (κ1) is 21.6. The average molecular weight is 418 g/mol. The molecule has 2 heterocycles. The number of ether oxygens (including phenoxy) is 2. The number of carbonyl (C=O) groups is 1. The molecule has 0 unspecified atom stereocenters. The molecule has 2 atom stereocenters. The number of hydrogen-bond donors (Lipinski definition) is 1. The highest BCUT2D eigenvalue weighted by molar-refractivity contribution is 7.10. The van der Waals surface area contributed by atoms with Crippen molar-refractivity contribution >= 4 is 17.2 Å². The van der Waals surface area contributed by atoms with E-state index in [1.807, 2.05) is 18.2 Å². The second kappa shape index (κ2) is 10.1. The number of carbonyl (C=O) groups excluding carboxylic acids is 1. The van der Waals surface area contributed by atoms with Crippen LogP contribution in [0.25, 0.3) is 0 Å². The second-order valence-electron chi connectivity index (χ2n) is 7.52. The van der Waals surface area contributed by atoms with Gasteiger partial charge in [-0.3, -0.25) is 9.69 Å². The Hall–Kier alpha value is -2.09. The molecule has 0 aliphatic carbocycles. The third-order valence-corrected chi connectivity index (χ3v) is 6.38. The van der Waals surface area contributed by atoms with E-state index in [4.69, 9.17) is 9.47 Å². The van der Waals surface area contributed by atoms with Crippen LogP contribution in [0.15, 0.2) is 35.7 Å². The zero-order chi connectivity index (χ0) is 20.8. The third kappa shape index (κ3) is 5.50. The van der Waals surface area contributed by atoms with Gasteiger partial charge in [-0.15, -0.1) is 11.3 Å². The van der Waals surface area contributed by atoms with E-state index in [9.17, 15) is 4.79 Å². The third-order valence-electron chi connectivity index (χ3n) is 5.44. The van der Waals surface area contributed by atoms with Crippen molar-refractivity contribution in [1.82, 2.24) is 15.1 Å². The number of nitrogens with one attached hydrogen (secondary N) is 1. The number of likely N-dealkylation sites (N-methyl/N-ethyl adjacent to an activating group) is 1. The first-order valence-corrected chi connectivity index (χ1v) is 10.9. The molecule has 0 spiro atoms. The summed E-state index contributed by atoms with van der Waals surface area (Å²) in [5.41, 5.74) is 0.902. The van der Waals surface area contributed by atoms with Gasteiger partial charge in [0.1, 0.15) is 0 Å². The number of hydrogen-bond acceptors (Lipinski definition) is 6. The highest BCUT2D eigenvalue weighted by Crippen LogP contribution is 2.30. The number of amides is 1. The minimum absolute atomic E-state index is 0.0143. The molecule has 0 radical (unpaired) electrons. The second-order valence-corrected chi connectivity index (χ2v) is 8.50. The van der Waals surface area contributed by atoms with Crippen molar-refractivity contribution in [3.63, 3.8) is 0 Å². The maximum atomic E-state index is 12.8. The Labute approximate surface area is 177 Å². The van der Waals surface area contributed by atoms with E-state index in [2.05, 4.69) is 46.6 Å². The molecule has 2 aromatic rings. The largest absolute Gasteiger partial charge is 0.493 e. The maximum Gasteiger partial charge on any atom is 0.224 e. The fourth-order valence-corrected chi connectivity index (χ4v) is 4.83. The molecule has 3 rings (SSSR count). The lowest BCUT2D eigenvalue weighted by atomic mass is 10.0. The first-order valence-electron chi connectivity index (χ1n) is 9.98. The van der Waals surface area contributed by atoms with Gasteiger partial charge >= 0.3 is 0 Å². The van der Waals surface area contributed by atoms with E-state index in [1.54, 1.807) is 25.6 Å². The van der Waals surface area contributed by atoms with Crippen LogP contribution in [0.5, 0.6) is 11.5 Å². The van der Waals surface area contributed by atoms with Crippen molar-refractivity contribution < 1.29 is 14.3 Å². The lowest BCUT2D eigenvalue weighted by molar-refractivity contribution is -0.121. The van der Waals surface area contributed by atoms with Crippen molar-refractivity contribution in [2.24, 2.45) is 0 Å². The van der Waals surface area contributed by atoms with Gasteiger partial charge in [0.05, 0.1) is 26.7 Å². The molecule has 0 saturated carbocycles. The van der Waals surface area contributed by atoms with Gasteiger partial charge in [-0.05, 0) is 43.1 Å². The minimum Gasteiger partial charge on any atom is -0.493 e. The Morgan fingerprint density at radius 2 is 1.86 bits per heavy atom. The number of methoxy groups -OCH3 is 2. The number of piperazine rings is 1. The van der Waals surface area contributed by atoms with Gasteiger partial charge in [-0.2, -0.15) is 0 Å². The Balaban J connectivity index is 1.67. The molecule has 7 heteroatoms. The van der Waals surface area contributed by atoms with E-state index in [0.29, 0.717) is 17.9 Å². The van der Waals surface area contributed by atoms with E-state index >= 15 is 0 Å². The quantitative estimate of drug-likeness (QED) is 0.716. The lowest BCUT2D eigenvalue weighted by Gasteiger charge is -2.40. The van der Waals surface area contributed by atoms with E-state index in [-0.39, 0.29) is 18.0 Å². The Bertz CT molecular complexity index is 789. The molecule has 1 amide bonds. The molecule has 1 aromatic heterocycles. The monoisotopic (exact) mass is 417 g/mol. The first-order chi connectivity index (χ1) is 14.0. The van der Waals surface area contributed by atoms with Gasteiger partial charge in [0.2, 0.25) is 5.91 Å². The van der Waals surface area contributed by atoms with E-state index < -0.39 is 0 Å². The summed E-state index contributed by atoms with van der Waals surface area (Å²) in [6.45, 7) is 6.22. The fourth-order valence-electron chi connectivity index (χ4n) is 3.86. The highest BCUT2D eigenvalue weighted by Gasteiger charge is 2.30.